The Morgan fingerprint density at radius 1 is 0.418 bits per heavy atom. The predicted molar refractivity (Wildman–Crippen MR) is 292 cm³/mol. The molecule has 0 radical (unpaired) electrons. The zero-order chi connectivity index (χ0) is 48.6. The molecule has 0 aliphatic carbocycles. The van der Waals surface area contributed by atoms with E-state index in [1.54, 1.807) is 0 Å². The van der Waals surface area contributed by atoms with Crippen LogP contribution in [0.15, 0.2) is 36.5 Å². The Kier molecular flexibility index (Phi) is 55.0. The van der Waals surface area contributed by atoms with Crippen molar-refractivity contribution in [1.29, 1.82) is 0 Å². The summed E-state index contributed by atoms with van der Waals surface area (Å²) in [4.78, 5) is 24.5. The average molecular weight is 943 g/mol. The van der Waals surface area contributed by atoms with E-state index < -0.39 is 12.1 Å². The van der Waals surface area contributed by atoms with Crippen LogP contribution >= 0.6 is 0 Å². The van der Waals surface area contributed by atoms with Crippen LogP contribution in [0.3, 0.4) is 0 Å². The monoisotopic (exact) mass is 942 g/mol. The molecule has 0 aliphatic heterocycles. The molecule has 0 bridgehead atoms. The highest BCUT2D eigenvalue weighted by molar-refractivity contribution is 5.76. The van der Waals surface area contributed by atoms with Gasteiger partial charge in [-0.1, -0.05) is 256 Å². The van der Waals surface area contributed by atoms with Crippen molar-refractivity contribution in [2.75, 3.05) is 13.2 Å². The average Bonchev–Trinajstić information content (AvgIpc) is 3.33. The van der Waals surface area contributed by atoms with Gasteiger partial charge in [-0.3, -0.25) is 9.59 Å². The third-order valence-electron chi connectivity index (χ3n) is 13.7. The third-order valence-corrected chi connectivity index (χ3v) is 13.7. The summed E-state index contributed by atoms with van der Waals surface area (Å²) in [5, 5.41) is 23.3. The summed E-state index contributed by atoms with van der Waals surface area (Å²) >= 11 is 0. The molecule has 6 heteroatoms. The molecule has 2 unspecified atom stereocenters. The number of carbonyl (C=O) groups excluding carboxylic acids is 2. The van der Waals surface area contributed by atoms with Gasteiger partial charge in [-0.2, -0.15) is 0 Å². The summed E-state index contributed by atoms with van der Waals surface area (Å²) in [7, 11) is 0. The molecule has 0 saturated carbocycles. The molecule has 0 aliphatic rings. The van der Waals surface area contributed by atoms with Crippen LogP contribution in [-0.4, -0.2) is 47.4 Å². The minimum absolute atomic E-state index is 0.00588. The van der Waals surface area contributed by atoms with Crippen LogP contribution in [0.5, 0.6) is 0 Å². The lowest BCUT2D eigenvalue weighted by molar-refractivity contribution is -0.143. The number of carbonyl (C=O) groups is 2. The lowest BCUT2D eigenvalue weighted by atomic mass is 10.0. The molecule has 2 atom stereocenters. The molecular weight excluding hydrogens is 827 g/mol. The summed E-state index contributed by atoms with van der Waals surface area (Å²) in [6.07, 6.45) is 69.9. The van der Waals surface area contributed by atoms with Gasteiger partial charge in [-0.25, -0.2) is 0 Å². The Balaban J connectivity index is 3.43. The molecular formula is C61H115NO5. The molecule has 0 rings (SSSR count). The second-order valence-corrected chi connectivity index (χ2v) is 20.3. The molecule has 67 heavy (non-hydrogen) atoms. The Morgan fingerprint density at radius 3 is 1.18 bits per heavy atom. The van der Waals surface area contributed by atoms with Gasteiger partial charge < -0.3 is 20.3 Å². The first-order valence-electron chi connectivity index (χ1n) is 29.7. The maximum Gasteiger partial charge on any atom is 0.305 e. The van der Waals surface area contributed by atoms with Crippen molar-refractivity contribution >= 4 is 11.9 Å². The lowest BCUT2D eigenvalue weighted by Crippen LogP contribution is -2.45. The summed E-state index contributed by atoms with van der Waals surface area (Å²) in [5.41, 5.74) is 0. The molecule has 394 valence electrons. The molecule has 3 N–H and O–H groups in total. The molecule has 1 amide bonds. The maximum atomic E-state index is 12.5. The van der Waals surface area contributed by atoms with Gasteiger partial charge in [0.05, 0.1) is 25.4 Å². The largest absolute Gasteiger partial charge is 0.466 e. The van der Waals surface area contributed by atoms with Crippen LogP contribution in [-0.2, 0) is 14.3 Å². The van der Waals surface area contributed by atoms with Gasteiger partial charge in [0.25, 0.3) is 0 Å². The number of rotatable bonds is 55. The van der Waals surface area contributed by atoms with Crippen molar-refractivity contribution in [2.45, 2.75) is 328 Å². The molecule has 0 spiro atoms. The van der Waals surface area contributed by atoms with Gasteiger partial charge in [-0.15, -0.1) is 0 Å². The first-order chi connectivity index (χ1) is 33.0. The van der Waals surface area contributed by atoms with Crippen molar-refractivity contribution in [3.05, 3.63) is 36.5 Å². The minimum atomic E-state index is -0.669. The van der Waals surface area contributed by atoms with E-state index >= 15 is 0 Å². The zero-order valence-electron chi connectivity index (χ0n) is 44.9. The quantitative estimate of drug-likeness (QED) is 0.0321. The first-order valence-corrected chi connectivity index (χ1v) is 29.7. The van der Waals surface area contributed by atoms with Crippen molar-refractivity contribution in [3.63, 3.8) is 0 Å². The van der Waals surface area contributed by atoms with Gasteiger partial charge in [0, 0.05) is 12.8 Å². The first kappa shape index (κ1) is 65.1. The van der Waals surface area contributed by atoms with E-state index in [1.807, 2.05) is 0 Å². The van der Waals surface area contributed by atoms with E-state index in [9.17, 15) is 19.8 Å². The normalized spacial score (nSPS) is 12.8. The van der Waals surface area contributed by atoms with E-state index in [1.165, 1.54) is 231 Å². The van der Waals surface area contributed by atoms with Crippen molar-refractivity contribution in [1.82, 2.24) is 5.32 Å². The lowest BCUT2D eigenvalue weighted by Gasteiger charge is -2.22. The Morgan fingerprint density at radius 2 is 0.746 bits per heavy atom. The highest BCUT2D eigenvalue weighted by Gasteiger charge is 2.20. The number of aliphatic hydroxyl groups is 2. The van der Waals surface area contributed by atoms with E-state index in [4.69, 9.17) is 4.74 Å². The van der Waals surface area contributed by atoms with E-state index in [-0.39, 0.29) is 18.5 Å². The van der Waals surface area contributed by atoms with E-state index in [0.717, 1.165) is 51.4 Å². The molecule has 0 heterocycles. The summed E-state index contributed by atoms with van der Waals surface area (Å²) in [6.45, 7) is 4.92. The molecule has 0 fully saturated rings. The van der Waals surface area contributed by atoms with Crippen LogP contribution in [0.4, 0.5) is 0 Å². The topological polar surface area (TPSA) is 95.9 Å². The van der Waals surface area contributed by atoms with Crippen LogP contribution in [0.25, 0.3) is 0 Å². The summed E-state index contributed by atoms with van der Waals surface area (Å²) in [6, 6.07) is -0.547. The van der Waals surface area contributed by atoms with Crippen LogP contribution in [0.2, 0.25) is 0 Å². The SMILES string of the molecule is CCCCC/C=C\C/C=C\CCCCCCCC(=O)OCCCCCCCCCCCC/C=C\CCCCCCCCCC(=O)NC(CO)C(O)CCCCCCCCCCCCCCCC. The number of amides is 1. The fraction of sp³-hybridized carbons (Fsp3) is 0.869. The maximum absolute atomic E-state index is 12.5. The van der Waals surface area contributed by atoms with Gasteiger partial charge >= 0.3 is 5.97 Å². The molecule has 6 nitrogen and oxygen atoms in total. The highest BCUT2D eigenvalue weighted by atomic mass is 16.5. The number of nitrogens with one attached hydrogen (secondary N) is 1. The fourth-order valence-electron chi connectivity index (χ4n) is 9.08. The van der Waals surface area contributed by atoms with Crippen LogP contribution < -0.4 is 5.32 Å². The van der Waals surface area contributed by atoms with Crippen molar-refractivity contribution in [2.24, 2.45) is 0 Å². The second kappa shape index (κ2) is 56.7. The number of hydrogen-bond donors (Lipinski definition) is 3. The van der Waals surface area contributed by atoms with Gasteiger partial charge in [0.15, 0.2) is 0 Å². The number of hydrogen-bond acceptors (Lipinski definition) is 5. The van der Waals surface area contributed by atoms with E-state index in [2.05, 4.69) is 55.6 Å². The fourth-order valence-corrected chi connectivity index (χ4v) is 9.08. The number of unbranched alkanes of at least 4 members (excludes halogenated alkanes) is 38. The van der Waals surface area contributed by atoms with Crippen LogP contribution in [0, 0.1) is 0 Å². The van der Waals surface area contributed by atoms with Crippen LogP contribution in [0.1, 0.15) is 316 Å². The smallest absolute Gasteiger partial charge is 0.305 e. The van der Waals surface area contributed by atoms with E-state index in [0.29, 0.717) is 25.9 Å². The number of esters is 1. The Hall–Kier alpha value is -1.92. The number of ether oxygens (including phenoxy) is 1. The summed E-state index contributed by atoms with van der Waals surface area (Å²) < 4.78 is 5.47. The summed E-state index contributed by atoms with van der Waals surface area (Å²) in [5.74, 6) is -0.0483. The Bertz CT molecular complexity index is 1090. The molecule has 0 aromatic heterocycles. The zero-order valence-corrected chi connectivity index (χ0v) is 44.9. The Labute approximate surface area is 417 Å². The highest BCUT2D eigenvalue weighted by Crippen LogP contribution is 2.17. The third kappa shape index (κ3) is 53.3. The minimum Gasteiger partial charge on any atom is -0.466 e. The molecule has 0 aromatic carbocycles. The number of aliphatic hydroxyl groups excluding tert-OH is 2. The molecule has 0 saturated heterocycles. The van der Waals surface area contributed by atoms with Crippen molar-refractivity contribution < 1.29 is 24.5 Å². The van der Waals surface area contributed by atoms with Gasteiger partial charge in [-0.05, 0) is 83.5 Å². The molecule has 0 aromatic rings. The standard InChI is InChI=1S/C61H115NO5/c1-3-5-7-9-11-13-15-17-26-31-35-39-43-47-51-55-61(66)67-56-52-48-44-40-36-32-28-25-23-21-19-20-22-24-27-30-34-38-42-46-50-54-60(65)62-58(57-63)59(64)53-49-45-41-37-33-29-18-16-14-12-10-8-6-4-2/h11,13,17,20,22,26,58-59,63-64H,3-10,12,14-16,18-19,21,23-25,27-57H2,1-2H3,(H,62,65)/b13-11-,22-20-,26-17-. The van der Waals surface area contributed by atoms with Crippen molar-refractivity contribution in [3.8, 4) is 0 Å². The van der Waals surface area contributed by atoms with Gasteiger partial charge in [0.1, 0.15) is 0 Å². The van der Waals surface area contributed by atoms with Gasteiger partial charge in [0.2, 0.25) is 5.91 Å². The second-order valence-electron chi connectivity index (χ2n) is 20.3. The predicted octanol–water partition coefficient (Wildman–Crippen LogP) is 18.4. The number of allylic oxidation sites excluding steroid dienone is 6.